The molecule has 0 saturated heterocycles. The highest BCUT2D eigenvalue weighted by atomic mass is 35.5. The first-order valence-corrected chi connectivity index (χ1v) is 8.22. The number of hydrogen-bond acceptors (Lipinski definition) is 3. The second kappa shape index (κ2) is 6.36. The third kappa shape index (κ3) is 4.09. The van der Waals surface area contributed by atoms with Crippen molar-refractivity contribution in [3.63, 3.8) is 0 Å². The maximum Gasteiger partial charge on any atom is 0.214 e. The van der Waals surface area contributed by atoms with E-state index in [1.165, 1.54) is 4.31 Å². The normalized spacial score (nSPS) is 28.3. The van der Waals surface area contributed by atoms with Crippen molar-refractivity contribution in [1.82, 2.24) is 4.31 Å². The van der Waals surface area contributed by atoms with Gasteiger partial charge in [-0.25, -0.2) is 8.42 Å². The van der Waals surface area contributed by atoms with Crippen LogP contribution < -0.4 is 0 Å². The molecule has 0 radical (unpaired) electrons. The predicted molar refractivity (Wildman–Crippen MR) is 69.7 cm³/mol. The molecule has 0 bridgehead atoms. The van der Waals surface area contributed by atoms with Crippen LogP contribution in [0, 0.1) is 5.92 Å². The van der Waals surface area contributed by atoms with Crippen molar-refractivity contribution >= 4 is 21.6 Å². The van der Waals surface area contributed by atoms with Crippen molar-refractivity contribution in [2.24, 2.45) is 5.92 Å². The summed E-state index contributed by atoms with van der Waals surface area (Å²) in [6.07, 6.45) is 2.85. The average Bonchev–Trinajstić information content (AvgIpc) is 2.28. The molecule has 6 heteroatoms. The summed E-state index contributed by atoms with van der Waals surface area (Å²) >= 11 is 5.64. The second-order valence-corrected chi connectivity index (χ2v) is 7.36. The summed E-state index contributed by atoms with van der Waals surface area (Å²) in [5.74, 6) is 0.320. The van der Waals surface area contributed by atoms with E-state index in [4.69, 9.17) is 11.6 Å². The van der Waals surface area contributed by atoms with Gasteiger partial charge >= 0.3 is 0 Å². The molecule has 4 nitrogen and oxygen atoms in total. The van der Waals surface area contributed by atoms with Crippen LogP contribution in [0.3, 0.4) is 0 Å². The fraction of sp³-hybridized carbons (Fsp3) is 1.00. The fourth-order valence-corrected chi connectivity index (χ4v) is 4.21. The Hall–Kier alpha value is 0.160. The Kier molecular flexibility index (Phi) is 5.70. The third-order valence-electron chi connectivity index (χ3n) is 3.36. The highest BCUT2D eigenvalue weighted by molar-refractivity contribution is 7.89. The third-order valence-corrected chi connectivity index (χ3v) is 6.02. The topological polar surface area (TPSA) is 57.6 Å². The molecule has 0 aliphatic heterocycles. The molecular formula is C11H22ClNO3S. The van der Waals surface area contributed by atoms with Gasteiger partial charge in [0.05, 0.1) is 17.9 Å². The second-order valence-electron chi connectivity index (χ2n) is 4.97. The van der Waals surface area contributed by atoms with E-state index in [0.29, 0.717) is 12.3 Å². The molecule has 1 rings (SSSR count). The van der Waals surface area contributed by atoms with E-state index in [-0.39, 0.29) is 17.7 Å². The van der Waals surface area contributed by atoms with E-state index in [9.17, 15) is 13.5 Å². The van der Waals surface area contributed by atoms with Gasteiger partial charge in [0.2, 0.25) is 10.0 Å². The molecule has 17 heavy (non-hydrogen) atoms. The number of nitrogens with zero attached hydrogens (tertiary/aromatic N) is 1. The molecule has 3 atom stereocenters. The Morgan fingerprint density at radius 2 is 2.00 bits per heavy atom. The summed E-state index contributed by atoms with van der Waals surface area (Å²) in [6, 6.07) is -0.267. The lowest BCUT2D eigenvalue weighted by molar-refractivity contribution is 0.0637. The highest BCUT2D eigenvalue weighted by Crippen LogP contribution is 2.24. The minimum Gasteiger partial charge on any atom is -0.391 e. The van der Waals surface area contributed by atoms with Crippen LogP contribution in [0.25, 0.3) is 0 Å². The Labute approximate surface area is 109 Å². The van der Waals surface area contributed by atoms with Gasteiger partial charge in [-0.3, -0.25) is 0 Å². The Balaban J connectivity index is 2.69. The first-order valence-electron chi connectivity index (χ1n) is 6.08. The lowest BCUT2D eigenvalue weighted by Crippen LogP contribution is -2.47. The predicted octanol–water partition coefficient (Wildman–Crippen LogP) is 1.43. The van der Waals surface area contributed by atoms with Crippen molar-refractivity contribution in [3.8, 4) is 0 Å². The van der Waals surface area contributed by atoms with Crippen LogP contribution in [0.2, 0.25) is 0 Å². The Bertz CT molecular complexity index is 334. The van der Waals surface area contributed by atoms with Crippen LogP contribution in [0.5, 0.6) is 0 Å². The number of aliphatic hydroxyl groups is 1. The van der Waals surface area contributed by atoms with Crippen LogP contribution in [0.15, 0.2) is 0 Å². The van der Waals surface area contributed by atoms with Gasteiger partial charge in [0.1, 0.15) is 0 Å². The maximum atomic E-state index is 12.1. The first-order chi connectivity index (χ1) is 7.88. The molecule has 1 N–H and O–H groups in total. The molecule has 3 unspecified atom stereocenters. The van der Waals surface area contributed by atoms with Crippen molar-refractivity contribution in [1.29, 1.82) is 0 Å². The molecule has 1 aliphatic carbocycles. The molecule has 1 aliphatic rings. The van der Waals surface area contributed by atoms with Crippen molar-refractivity contribution in [2.45, 2.75) is 44.8 Å². The van der Waals surface area contributed by atoms with Crippen LogP contribution in [0.1, 0.15) is 32.6 Å². The van der Waals surface area contributed by atoms with Crippen LogP contribution in [-0.2, 0) is 10.0 Å². The van der Waals surface area contributed by atoms with Crippen LogP contribution in [-0.4, -0.2) is 48.7 Å². The van der Waals surface area contributed by atoms with Crippen LogP contribution in [0.4, 0.5) is 0 Å². The summed E-state index contributed by atoms with van der Waals surface area (Å²) in [7, 11) is -1.75. The van der Waals surface area contributed by atoms with Crippen LogP contribution >= 0.6 is 11.6 Å². The standard InChI is InChI=1S/C11H22ClNO3S/c1-9(7-12)8-17(15,16)13(2)10-5-3-4-6-11(10)14/h9-11,14H,3-8H2,1-2H3. The molecule has 0 aromatic rings. The van der Waals surface area contributed by atoms with Crippen molar-refractivity contribution < 1.29 is 13.5 Å². The van der Waals surface area contributed by atoms with Gasteiger partial charge in [-0.1, -0.05) is 19.8 Å². The molecule has 0 aromatic heterocycles. The number of halogens is 1. The zero-order valence-electron chi connectivity index (χ0n) is 10.5. The van der Waals surface area contributed by atoms with E-state index in [1.807, 2.05) is 6.92 Å². The Morgan fingerprint density at radius 3 is 2.53 bits per heavy atom. The van der Waals surface area contributed by atoms with Crippen molar-refractivity contribution in [3.05, 3.63) is 0 Å². The zero-order valence-corrected chi connectivity index (χ0v) is 12.0. The zero-order chi connectivity index (χ0) is 13.1. The average molecular weight is 284 g/mol. The minimum absolute atomic E-state index is 0.0518. The van der Waals surface area contributed by atoms with E-state index in [2.05, 4.69) is 0 Å². The SMILES string of the molecule is CC(CCl)CS(=O)(=O)N(C)C1CCCCC1O. The lowest BCUT2D eigenvalue weighted by atomic mass is 9.93. The fourth-order valence-electron chi connectivity index (χ4n) is 2.24. The van der Waals surface area contributed by atoms with Gasteiger partial charge in [-0.15, -0.1) is 11.6 Å². The highest BCUT2D eigenvalue weighted by Gasteiger charge is 2.33. The number of alkyl halides is 1. The number of sulfonamides is 1. The summed E-state index contributed by atoms with van der Waals surface area (Å²) in [4.78, 5) is 0. The van der Waals surface area contributed by atoms with Gasteiger partial charge in [0.25, 0.3) is 0 Å². The van der Waals surface area contributed by atoms with E-state index < -0.39 is 16.1 Å². The lowest BCUT2D eigenvalue weighted by Gasteiger charge is -2.34. The quantitative estimate of drug-likeness (QED) is 0.777. The summed E-state index contributed by atoms with van der Waals surface area (Å²) in [5, 5.41) is 9.86. The van der Waals surface area contributed by atoms with Gasteiger partial charge < -0.3 is 5.11 Å². The molecule has 0 amide bonds. The summed E-state index contributed by atoms with van der Waals surface area (Å²) < 4.78 is 25.5. The van der Waals surface area contributed by atoms with Gasteiger partial charge in [-0.2, -0.15) is 4.31 Å². The van der Waals surface area contributed by atoms with Crippen molar-refractivity contribution in [2.75, 3.05) is 18.7 Å². The van der Waals surface area contributed by atoms with Gasteiger partial charge in [0.15, 0.2) is 0 Å². The maximum absolute atomic E-state index is 12.1. The van der Waals surface area contributed by atoms with E-state index in [1.54, 1.807) is 7.05 Å². The first kappa shape index (κ1) is 15.2. The molecule has 0 aromatic carbocycles. The molecule has 1 saturated carbocycles. The number of hydrogen-bond donors (Lipinski definition) is 1. The van der Waals surface area contributed by atoms with Gasteiger partial charge in [0, 0.05) is 12.9 Å². The molecule has 102 valence electrons. The smallest absolute Gasteiger partial charge is 0.214 e. The largest absolute Gasteiger partial charge is 0.391 e. The summed E-state index contributed by atoms with van der Waals surface area (Å²) in [5.41, 5.74) is 0. The van der Waals surface area contributed by atoms with E-state index >= 15 is 0 Å². The molecule has 0 heterocycles. The molecule has 1 fully saturated rings. The Morgan fingerprint density at radius 1 is 1.41 bits per heavy atom. The number of rotatable bonds is 5. The minimum atomic E-state index is -3.32. The number of aliphatic hydroxyl groups excluding tert-OH is 1. The number of likely N-dealkylation sites (N-methyl/N-ethyl adjacent to an activating group) is 1. The van der Waals surface area contributed by atoms with Gasteiger partial charge in [-0.05, 0) is 18.8 Å². The van der Waals surface area contributed by atoms with E-state index in [0.717, 1.165) is 19.3 Å². The molecular weight excluding hydrogens is 262 g/mol. The summed E-state index contributed by atoms with van der Waals surface area (Å²) in [6.45, 7) is 1.82. The molecule has 0 spiro atoms. The monoisotopic (exact) mass is 283 g/mol.